The number of nitrogens with zero attached hydrogens (tertiary/aromatic N) is 2. The normalized spacial score (nSPS) is 15.1. The molecule has 25 heavy (non-hydrogen) atoms. The fourth-order valence-electron chi connectivity index (χ4n) is 2.55. The molecule has 1 aliphatic rings. The molecule has 1 fully saturated rings. The van der Waals surface area contributed by atoms with Crippen molar-refractivity contribution in [2.24, 2.45) is 0 Å². The molecule has 0 spiro atoms. The molecule has 2 aromatic rings. The number of pyridine rings is 1. The summed E-state index contributed by atoms with van der Waals surface area (Å²) in [5, 5.41) is 0. The highest BCUT2D eigenvalue weighted by molar-refractivity contribution is 5.44. The number of aromatic nitrogens is 1. The summed E-state index contributed by atoms with van der Waals surface area (Å²) in [5.41, 5.74) is 5.88. The van der Waals surface area contributed by atoms with Crippen LogP contribution >= 0.6 is 0 Å². The first-order valence-electron chi connectivity index (χ1n) is 8.32. The van der Waals surface area contributed by atoms with Crippen molar-refractivity contribution in [2.45, 2.75) is 6.42 Å². The zero-order valence-corrected chi connectivity index (χ0v) is 14.0. The van der Waals surface area contributed by atoms with E-state index >= 15 is 0 Å². The Morgan fingerprint density at radius 3 is 2.84 bits per heavy atom. The van der Waals surface area contributed by atoms with Gasteiger partial charge in [0.15, 0.2) is 11.6 Å². The van der Waals surface area contributed by atoms with Crippen LogP contribution in [0.3, 0.4) is 0 Å². The molecule has 0 radical (unpaired) electrons. The molecule has 1 aromatic heterocycles. The summed E-state index contributed by atoms with van der Waals surface area (Å²) < 4.78 is 30.3. The summed E-state index contributed by atoms with van der Waals surface area (Å²) in [6, 6.07) is 7.59. The monoisotopic (exact) mass is 347 g/mol. The molecule has 0 saturated carbocycles. The van der Waals surface area contributed by atoms with Gasteiger partial charge < -0.3 is 19.9 Å². The van der Waals surface area contributed by atoms with Crippen molar-refractivity contribution in [3.63, 3.8) is 0 Å². The zero-order chi connectivity index (χ0) is 17.5. The van der Waals surface area contributed by atoms with Crippen LogP contribution in [0.4, 0.5) is 10.1 Å². The van der Waals surface area contributed by atoms with Crippen molar-refractivity contribution in [1.29, 1.82) is 0 Å². The standard InChI is InChI=1S/C18H22FN3O3/c19-16-12-14(20)2-3-17(16)25-15-4-5-21-18(13-15)24-9-1-6-22-7-10-23-11-8-22/h2-5,12-13H,1,6-11,20H2. The van der Waals surface area contributed by atoms with Crippen LogP contribution in [0, 0.1) is 5.82 Å². The lowest BCUT2D eigenvalue weighted by atomic mass is 10.3. The van der Waals surface area contributed by atoms with Gasteiger partial charge >= 0.3 is 0 Å². The Kier molecular flexibility index (Phi) is 6.03. The van der Waals surface area contributed by atoms with E-state index in [1.165, 1.54) is 12.1 Å². The number of hydrogen-bond donors (Lipinski definition) is 1. The van der Waals surface area contributed by atoms with E-state index in [0.717, 1.165) is 39.3 Å². The molecule has 0 bridgehead atoms. The molecule has 0 unspecified atom stereocenters. The van der Waals surface area contributed by atoms with Crippen molar-refractivity contribution >= 4 is 5.69 Å². The summed E-state index contributed by atoms with van der Waals surface area (Å²) in [7, 11) is 0. The Morgan fingerprint density at radius 1 is 1.20 bits per heavy atom. The lowest BCUT2D eigenvalue weighted by Gasteiger charge is -2.26. The molecule has 3 rings (SSSR count). The highest BCUT2D eigenvalue weighted by Gasteiger charge is 2.10. The van der Waals surface area contributed by atoms with Crippen molar-refractivity contribution in [1.82, 2.24) is 9.88 Å². The molecule has 1 aromatic carbocycles. The molecule has 1 saturated heterocycles. The topological polar surface area (TPSA) is 69.8 Å². The van der Waals surface area contributed by atoms with E-state index in [1.54, 1.807) is 24.4 Å². The minimum Gasteiger partial charge on any atom is -0.478 e. The van der Waals surface area contributed by atoms with Gasteiger partial charge in [0.2, 0.25) is 5.88 Å². The average Bonchev–Trinajstić information content (AvgIpc) is 2.62. The first-order chi connectivity index (χ1) is 12.2. The van der Waals surface area contributed by atoms with E-state index in [-0.39, 0.29) is 5.75 Å². The number of hydrogen-bond acceptors (Lipinski definition) is 6. The Balaban J connectivity index is 1.49. The Bertz CT molecular complexity index is 693. The molecule has 0 atom stereocenters. The van der Waals surface area contributed by atoms with Crippen molar-refractivity contribution in [3.05, 3.63) is 42.3 Å². The Labute approximate surface area is 146 Å². The third-order valence-electron chi connectivity index (χ3n) is 3.86. The van der Waals surface area contributed by atoms with E-state index in [2.05, 4.69) is 9.88 Å². The number of rotatable bonds is 7. The Hall–Kier alpha value is -2.38. The van der Waals surface area contributed by atoms with Crippen molar-refractivity contribution < 1.29 is 18.6 Å². The smallest absolute Gasteiger partial charge is 0.216 e. The van der Waals surface area contributed by atoms with Crippen LogP contribution in [0.15, 0.2) is 36.5 Å². The van der Waals surface area contributed by atoms with Crippen LogP contribution in [-0.2, 0) is 4.74 Å². The lowest BCUT2D eigenvalue weighted by molar-refractivity contribution is 0.0357. The number of halogens is 1. The maximum Gasteiger partial charge on any atom is 0.216 e. The second-order valence-corrected chi connectivity index (χ2v) is 5.78. The summed E-state index contributed by atoms with van der Waals surface area (Å²) in [4.78, 5) is 6.50. The highest BCUT2D eigenvalue weighted by Crippen LogP contribution is 2.27. The van der Waals surface area contributed by atoms with Gasteiger partial charge in [0.05, 0.1) is 19.8 Å². The van der Waals surface area contributed by atoms with Crippen LogP contribution in [-0.4, -0.2) is 49.3 Å². The molecule has 0 amide bonds. The third kappa shape index (κ3) is 5.30. The second kappa shape index (κ2) is 8.64. The van der Waals surface area contributed by atoms with Crippen LogP contribution in [0.5, 0.6) is 17.4 Å². The van der Waals surface area contributed by atoms with E-state index in [9.17, 15) is 4.39 Å². The predicted molar refractivity (Wildman–Crippen MR) is 92.5 cm³/mol. The summed E-state index contributed by atoms with van der Waals surface area (Å²) in [6.07, 6.45) is 2.47. The number of nitrogen functional groups attached to an aromatic ring is 1. The van der Waals surface area contributed by atoms with E-state index < -0.39 is 5.82 Å². The van der Waals surface area contributed by atoms with Gasteiger partial charge in [-0.2, -0.15) is 0 Å². The van der Waals surface area contributed by atoms with Gasteiger partial charge in [-0.3, -0.25) is 4.90 Å². The molecule has 2 heterocycles. The predicted octanol–water partition coefficient (Wildman–Crippen LogP) is 2.70. The third-order valence-corrected chi connectivity index (χ3v) is 3.86. The van der Waals surface area contributed by atoms with Crippen LogP contribution < -0.4 is 15.2 Å². The average molecular weight is 347 g/mol. The number of ether oxygens (including phenoxy) is 3. The maximum absolute atomic E-state index is 13.8. The van der Waals surface area contributed by atoms with Gasteiger partial charge in [-0.25, -0.2) is 9.37 Å². The highest BCUT2D eigenvalue weighted by atomic mass is 19.1. The van der Waals surface area contributed by atoms with E-state index in [1.807, 2.05) is 0 Å². The first kappa shape index (κ1) is 17.4. The van der Waals surface area contributed by atoms with Crippen LogP contribution in [0.2, 0.25) is 0 Å². The molecule has 134 valence electrons. The summed E-state index contributed by atoms with van der Waals surface area (Å²) >= 11 is 0. The summed E-state index contributed by atoms with van der Waals surface area (Å²) in [5.74, 6) is 0.514. The van der Waals surface area contributed by atoms with Crippen molar-refractivity contribution in [2.75, 3.05) is 45.2 Å². The van der Waals surface area contributed by atoms with Gasteiger partial charge in [0.25, 0.3) is 0 Å². The minimum absolute atomic E-state index is 0.110. The molecule has 1 aliphatic heterocycles. The van der Waals surface area contributed by atoms with Gasteiger partial charge in [0, 0.05) is 43.7 Å². The second-order valence-electron chi connectivity index (χ2n) is 5.78. The summed E-state index contributed by atoms with van der Waals surface area (Å²) in [6.45, 7) is 5.05. The zero-order valence-electron chi connectivity index (χ0n) is 14.0. The number of morpholine rings is 1. The molecule has 0 aliphatic carbocycles. The van der Waals surface area contributed by atoms with Gasteiger partial charge in [-0.1, -0.05) is 0 Å². The minimum atomic E-state index is -0.509. The van der Waals surface area contributed by atoms with E-state index in [0.29, 0.717) is 23.9 Å². The fraction of sp³-hybridized carbons (Fsp3) is 0.389. The lowest BCUT2D eigenvalue weighted by Crippen LogP contribution is -2.37. The van der Waals surface area contributed by atoms with Gasteiger partial charge in [0.1, 0.15) is 5.75 Å². The van der Waals surface area contributed by atoms with Gasteiger partial charge in [-0.15, -0.1) is 0 Å². The SMILES string of the molecule is Nc1ccc(Oc2ccnc(OCCCN3CCOCC3)c2)c(F)c1. The first-order valence-corrected chi connectivity index (χ1v) is 8.32. The quantitative estimate of drug-likeness (QED) is 0.613. The number of anilines is 1. The number of nitrogens with two attached hydrogens (primary N) is 1. The van der Waals surface area contributed by atoms with Crippen molar-refractivity contribution in [3.8, 4) is 17.4 Å². The molecular formula is C18H22FN3O3. The Morgan fingerprint density at radius 2 is 2.04 bits per heavy atom. The fourth-order valence-corrected chi connectivity index (χ4v) is 2.55. The number of benzene rings is 1. The maximum atomic E-state index is 13.8. The molecular weight excluding hydrogens is 325 g/mol. The van der Waals surface area contributed by atoms with Crippen LogP contribution in [0.25, 0.3) is 0 Å². The van der Waals surface area contributed by atoms with Crippen LogP contribution in [0.1, 0.15) is 6.42 Å². The molecule has 2 N–H and O–H groups in total. The largest absolute Gasteiger partial charge is 0.478 e. The molecule has 7 heteroatoms. The van der Waals surface area contributed by atoms with Gasteiger partial charge in [-0.05, 0) is 24.6 Å². The molecule has 6 nitrogen and oxygen atoms in total. The van der Waals surface area contributed by atoms with E-state index in [4.69, 9.17) is 19.9 Å².